The number of carbonyl (C=O) groups is 2. The van der Waals surface area contributed by atoms with Gasteiger partial charge >= 0.3 is 5.97 Å². The van der Waals surface area contributed by atoms with Gasteiger partial charge in [-0.25, -0.2) is 0 Å². The van der Waals surface area contributed by atoms with Gasteiger partial charge < -0.3 is 25.0 Å². The molecule has 0 spiro atoms. The van der Waals surface area contributed by atoms with Gasteiger partial charge in [0.2, 0.25) is 5.91 Å². The van der Waals surface area contributed by atoms with Gasteiger partial charge in [0, 0.05) is 13.0 Å². The normalized spacial score (nSPS) is 29.0. The molecule has 0 aliphatic carbocycles. The van der Waals surface area contributed by atoms with Crippen LogP contribution in [0, 0.1) is 5.92 Å². The maximum absolute atomic E-state index is 13.3. The van der Waals surface area contributed by atoms with Gasteiger partial charge in [0.25, 0.3) is 0 Å². The number of rotatable bonds is 22. The van der Waals surface area contributed by atoms with Crippen LogP contribution in [0.1, 0.15) is 130 Å². The summed E-state index contributed by atoms with van der Waals surface area (Å²) in [4.78, 5) is 28.0. The number of aliphatic hydroxyl groups excluding tert-OH is 2. The highest BCUT2D eigenvalue weighted by Gasteiger charge is 2.50. The van der Waals surface area contributed by atoms with Gasteiger partial charge in [-0.1, -0.05) is 97.3 Å². The molecule has 3 N–H and O–H groups in total. The minimum absolute atomic E-state index is 0.152. The Morgan fingerprint density at radius 1 is 0.955 bits per heavy atom. The van der Waals surface area contributed by atoms with Gasteiger partial charge in [-0.15, -0.1) is 23.4 Å². The molecule has 0 aromatic carbocycles. The minimum Gasteiger partial charge on any atom is -0.456 e. The van der Waals surface area contributed by atoms with Crippen molar-refractivity contribution >= 4 is 35.2 Å². The summed E-state index contributed by atoms with van der Waals surface area (Å²) in [6.07, 6.45) is 16.3. The van der Waals surface area contributed by atoms with Crippen LogP contribution in [0.15, 0.2) is 0 Å². The minimum atomic E-state index is -1.38. The van der Waals surface area contributed by atoms with Crippen molar-refractivity contribution in [2.75, 3.05) is 19.8 Å². The molecule has 2 fully saturated rings. The molecule has 2 aliphatic rings. The van der Waals surface area contributed by atoms with Crippen LogP contribution >= 0.6 is 23.4 Å². The van der Waals surface area contributed by atoms with E-state index in [-0.39, 0.29) is 18.4 Å². The maximum Gasteiger partial charge on any atom is 0.306 e. The Kier molecular flexibility index (Phi) is 19.9. The number of carbonyl (C=O) groups excluding carboxylic acids is 2. The molecule has 10 heteroatoms. The van der Waals surface area contributed by atoms with Crippen molar-refractivity contribution in [3.63, 3.8) is 0 Å². The highest BCUT2D eigenvalue weighted by molar-refractivity contribution is 7.99. The van der Waals surface area contributed by atoms with Crippen molar-refractivity contribution in [2.24, 2.45) is 5.92 Å². The van der Waals surface area contributed by atoms with Crippen molar-refractivity contribution < 1.29 is 29.3 Å². The first kappa shape index (κ1) is 39.6. The lowest BCUT2D eigenvalue weighted by molar-refractivity contribution is -0.218. The average Bonchev–Trinajstić information content (AvgIpc) is 3.36. The fraction of sp³-hybridized carbons (Fsp3) is 0.941. The number of amides is 1. The Morgan fingerprint density at radius 3 is 2.05 bits per heavy atom. The molecule has 0 radical (unpaired) electrons. The SMILES string of the molecule is CCCCCCCCCCCCCCCC(=O)O[C@@H]1[C@@H](O)[C@@H](O)[C@@H]([C@H](NC(=O)[C@H]2C[C@@H](CCC)CN2C)[C@H](C)Cl)O[C@@H]1SC. The number of unbranched alkanes of at least 4 members (excludes halogenated alkanes) is 12. The summed E-state index contributed by atoms with van der Waals surface area (Å²) in [5.74, 6) is -0.0742. The van der Waals surface area contributed by atoms with Crippen molar-refractivity contribution in [3.8, 4) is 0 Å². The quantitative estimate of drug-likeness (QED) is 0.0693. The third-order valence-electron chi connectivity index (χ3n) is 9.36. The van der Waals surface area contributed by atoms with E-state index in [2.05, 4.69) is 24.1 Å². The number of hydrogen-bond donors (Lipinski definition) is 3. The fourth-order valence-electron chi connectivity index (χ4n) is 6.72. The molecule has 44 heavy (non-hydrogen) atoms. The molecule has 8 nitrogen and oxygen atoms in total. The van der Waals surface area contributed by atoms with Crippen LogP contribution in [-0.2, 0) is 19.1 Å². The van der Waals surface area contributed by atoms with E-state index in [4.69, 9.17) is 21.1 Å². The number of likely N-dealkylation sites (N-methyl/N-ethyl adjacent to an activating group) is 1. The average molecular weight is 663 g/mol. The first-order valence-electron chi connectivity index (χ1n) is 17.5. The summed E-state index contributed by atoms with van der Waals surface area (Å²) in [5, 5.41) is 24.6. The van der Waals surface area contributed by atoms with E-state index in [1.807, 2.05) is 7.05 Å². The molecule has 0 aromatic rings. The lowest BCUT2D eigenvalue weighted by Crippen LogP contribution is -2.65. The molecule has 258 valence electrons. The number of aliphatic hydroxyl groups is 2. The van der Waals surface area contributed by atoms with Crippen LogP contribution < -0.4 is 5.32 Å². The molecule has 0 saturated carbocycles. The molecule has 2 rings (SSSR count). The number of halogens is 1. The van der Waals surface area contributed by atoms with Crippen LogP contribution in [0.2, 0.25) is 0 Å². The molecule has 2 aliphatic heterocycles. The second kappa shape index (κ2) is 22.1. The fourth-order valence-corrected chi connectivity index (χ4v) is 7.65. The third kappa shape index (κ3) is 13.3. The van der Waals surface area contributed by atoms with Gasteiger partial charge in [-0.05, 0) is 45.4 Å². The monoisotopic (exact) mass is 662 g/mol. The highest BCUT2D eigenvalue weighted by Crippen LogP contribution is 2.33. The standard InChI is InChI=1S/C34H63ClN2O6S/c1-6-8-9-10-11-12-13-14-15-16-17-18-19-21-27(38)42-32-30(40)29(39)31(43-34(32)44-5)28(24(3)35)36-33(41)26-22-25(20-7-2)23-37(26)4/h24-26,28-32,34,39-40H,6-23H2,1-5H3,(H,36,41)/t24-,25+,26+,28+,29+,30-,31+,32+,34+/m0/s1. The Balaban J connectivity index is 1.76. The van der Waals surface area contributed by atoms with Gasteiger partial charge in [0.15, 0.2) is 6.10 Å². The summed E-state index contributed by atoms with van der Waals surface area (Å²) in [7, 11) is 1.95. The Morgan fingerprint density at radius 2 is 1.52 bits per heavy atom. The van der Waals surface area contributed by atoms with Gasteiger partial charge in [0.1, 0.15) is 23.7 Å². The lowest BCUT2D eigenvalue weighted by atomic mass is 9.92. The van der Waals surface area contributed by atoms with E-state index in [9.17, 15) is 19.8 Å². The van der Waals surface area contributed by atoms with Crippen LogP contribution in [0.5, 0.6) is 0 Å². The van der Waals surface area contributed by atoms with E-state index in [1.54, 1.807) is 13.2 Å². The predicted molar refractivity (Wildman–Crippen MR) is 181 cm³/mol. The molecule has 9 atom stereocenters. The zero-order valence-corrected chi connectivity index (χ0v) is 29.8. The van der Waals surface area contributed by atoms with Crippen molar-refractivity contribution in [2.45, 2.75) is 177 Å². The van der Waals surface area contributed by atoms with Crippen LogP contribution in [-0.4, -0.2) is 94.2 Å². The third-order valence-corrected chi connectivity index (χ3v) is 10.5. The van der Waals surface area contributed by atoms with Crippen LogP contribution in [0.25, 0.3) is 0 Å². The van der Waals surface area contributed by atoms with E-state index < -0.39 is 47.2 Å². The summed E-state index contributed by atoms with van der Waals surface area (Å²) in [6.45, 7) is 7.01. The zero-order valence-electron chi connectivity index (χ0n) is 28.2. The van der Waals surface area contributed by atoms with Crippen LogP contribution in [0.3, 0.4) is 0 Å². The highest BCUT2D eigenvalue weighted by atomic mass is 35.5. The Bertz CT molecular complexity index is 806. The van der Waals surface area contributed by atoms with E-state index in [0.717, 1.165) is 45.1 Å². The number of esters is 1. The summed E-state index contributed by atoms with van der Waals surface area (Å²) in [5.41, 5.74) is -0.702. The molecule has 0 aromatic heterocycles. The lowest BCUT2D eigenvalue weighted by Gasteiger charge is -2.45. The second-order valence-electron chi connectivity index (χ2n) is 13.2. The van der Waals surface area contributed by atoms with Gasteiger partial charge in [0.05, 0.1) is 17.5 Å². The zero-order chi connectivity index (χ0) is 32.5. The number of thioether (sulfide) groups is 1. The first-order valence-corrected chi connectivity index (χ1v) is 19.2. The molecule has 0 unspecified atom stereocenters. The largest absolute Gasteiger partial charge is 0.456 e. The molecule has 0 bridgehead atoms. The maximum atomic E-state index is 13.3. The first-order chi connectivity index (χ1) is 21.1. The predicted octanol–water partition coefficient (Wildman–Crippen LogP) is 6.42. The van der Waals surface area contributed by atoms with E-state index in [1.165, 1.54) is 76.0 Å². The Labute approximate surface area is 277 Å². The number of nitrogens with zero attached hydrogens (tertiary/aromatic N) is 1. The Hall–Kier alpha value is -0.580. The topological polar surface area (TPSA) is 108 Å². The smallest absolute Gasteiger partial charge is 0.306 e. The number of alkyl halides is 1. The van der Waals surface area contributed by atoms with E-state index in [0.29, 0.717) is 5.92 Å². The summed E-state index contributed by atoms with van der Waals surface area (Å²) in [6, 6.07) is -1.00. The molecule has 2 saturated heterocycles. The van der Waals surface area contributed by atoms with Crippen LogP contribution in [0.4, 0.5) is 0 Å². The molecular weight excluding hydrogens is 600 g/mol. The number of hydrogen-bond acceptors (Lipinski definition) is 8. The van der Waals surface area contributed by atoms with Gasteiger partial charge in [-0.3, -0.25) is 14.5 Å². The van der Waals surface area contributed by atoms with Crippen molar-refractivity contribution in [3.05, 3.63) is 0 Å². The number of likely N-dealkylation sites (tertiary alicyclic amines) is 1. The van der Waals surface area contributed by atoms with Crippen molar-refractivity contribution in [1.82, 2.24) is 10.2 Å². The second-order valence-corrected chi connectivity index (χ2v) is 14.8. The van der Waals surface area contributed by atoms with Gasteiger partial charge in [-0.2, -0.15) is 0 Å². The van der Waals surface area contributed by atoms with E-state index >= 15 is 0 Å². The summed E-state index contributed by atoms with van der Waals surface area (Å²) < 4.78 is 11.9. The molecule has 2 heterocycles. The number of nitrogens with one attached hydrogen (secondary N) is 1. The molecule has 1 amide bonds. The number of ether oxygens (including phenoxy) is 2. The van der Waals surface area contributed by atoms with Crippen molar-refractivity contribution in [1.29, 1.82) is 0 Å². The molecular formula is C34H63ClN2O6S. The summed E-state index contributed by atoms with van der Waals surface area (Å²) >= 11 is 7.82.